The number of nitrogen functional groups attached to an aromatic ring is 1. The van der Waals surface area contributed by atoms with E-state index in [0.29, 0.717) is 19.2 Å². The Morgan fingerprint density at radius 1 is 1.15 bits per heavy atom. The van der Waals surface area contributed by atoms with Crippen LogP contribution in [0, 0.1) is 6.92 Å². The fourth-order valence-electron chi connectivity index (χ4n) is 3.35. The Balaban J connectivity index is 1.95. The van der Waals surface area contributed by atoms with Gasteiger partial charge in [-0.1, -0.05) is 6.92 Å². The number of morpholine rings is 1. The van der Waals surface area contributed by atoms with Crippen molar-refractivity contribution in [2.45, 2.75) is 33.2 Å². The number of imidazole rings is 1. The molecule has 27 heavy (non-hydrogen) atoms. The number of fused-ring (bicyclic) bond motifs is 1. The summed E-state index contributed by atoms with van der Waals surface area (Å²) in [6.07, 6.45) is 4.36. The highest BCUT2D eigenvalue weighted by molar-refractivity contribution is 5.88. The van der Waals surface area contributed by atoms with Gasteiger partial charge in [0, 0.05) is 37.1 Å². The molecule has 0 aromatic carbocycles. The summed E-state index contributed by atoms with van der Waals surface area (Å²) >= 11 is 0. The van der Waals surface area contributed by atoms with Gasteiger partial charge in [-0.05, 0) is 20.3 Å². The minimum Gasteiger partial charge on any atom is -0.378 e. The van der Waals surface area contributed by atoms with Crippen molar-refractivity contribution in [1.29, 1.82) is 0 Å². The largest absolute Gasteiger partial charge is 0.378 e. The van der Waals surface area contributed by atoms with Crippen molar-refractivity contribution in [3.8, 4) is 11.3 Å². The maximum Gasteiger partial charge on any atom is 0.228 e. The van der Waals surface area contributed by atoms with Gasteiger partial charge in [0.1, 0.15) is 17.0 Å². The van der Waals surface area contributed by atoms with E-state index in [2.05, 4.69) is 33.3 Å². The summed E-state index contributed by atoms with van der Waals surface area (Å²) in [5, 5.41) is 0. The first-order chi connectivity index (χ1) is 13.1. The van der Waals surface area contributed by atoms with Crippen LogP contribution in [0.1, 0.15) is 32.1 Å². The summed E-state index contributed by atoms with van der Waals surface area (Å²) in [4.78, 5) is 24.9. The maximum absolute atomic E-state index is 5.65. The van der Waals surface area contributed by atoms with E-state index in [1.807, 2.05) is 6.92 Å². The molecule has 1 saturated heterocycles. The van der Waals surface area contributed by atoms with Gasteiger partial charge < -0.3 is 19.9 Å². The van der Waals surface area contributed by atoms with E-state index in [9.17, 15) is 0 Å². The van der Waals surface area contributed by atoms with E-state index in [-0.39, 0.29) is 12.0 Å². The van der Waals surface area contributed by atoms with E-state index in [1.165, 1.54) is 0 Å². The predicted octanol–water partition coefficient (Wildman–Crippen LogP) is 1.98. The average molecular weight is 368 g/mol. The first-order valence-corrected chi connectivity index (χ1v) is 9.25. The predicted molar refractivity (Wildman–Crippen MR) is 104 cm³/mol. The van der Waals surface area contributed by atoms with E-state index < -0.39 is 0 Å². The summed E-state index contributed by atoms with van der Waals surface area (Å²) < 4.78 is 7.65. The smallest absolute Gasteiger partial charge is 0.228 e. The Kier molecular flexibility index (Phi) is 4.61. The summed E-state index contributed by atoms with van der Waals surface area (Å²) in [5.41, 5.74) is 8.76. The number of aryl methyl sites for hydroxylation is 1. The van der Waals surface area contributed by atoms with E-state index >= 15 is 0 Å². The fraction of sp³-hybridized carbons (Fsp3) is 0.500. The van der Waals surface area contributed by atoms with Crippen LogP contribution in [0.3, 0.4) is 0 Å². The molecule has 3 aromatic heterocycles. The lowest BCUT2D eigenvalue weighted by Crippen LogP contribution is -2.37. The highest BCUT2D eigenvalue weighted by Gasteiger charge is 2.23. The number of anilines is 2. The van der Waals surface area contributed by atoms with E-state index in [4.69, 9.17) is 25.4 Å². The minimum absolute atomic E-state index is 0.235. The molecule has 4 heterocycles. The second-order valence-corrected chi connectivity index (χ2v) is 6.76. The third-order valence-corrected chi connectivity index (χ3v) is 4.98. The Morgan fingerprint density at radius 3 is 2.52 bits per heavy atom. The van der Waals surface area contributed by atoms with Gasteiger partial charge in [-0.2, -0.15) is 4.98 Å². The van der Waals surface area contributed by atoms with Gasteiger partial charge in [0.15, 0.2) is 5.65 Å². The molecule has 0 amide bonds. The molecule has 1 unspecified atom stereocenters. The molecule has 9 heteroatoms. The van der Waals surface area contributed by atoms with Crippen LogP contribution < -0.4 is 10.6 Å². The molecule has 0 saturated carbocycles. The Hall–Kier alpha value is -2.81. The molecule has 1 aliphatic heterocycles. The third kappa shape index (κ3) is 3.18. The molecule has 1 fully saturated rings. The van der Waals surface area contributed by atoms with Crippen LogP contribution in [0.4, 0.5) is 11.9 Å². The standard InChI is InChI=1S/C18H24N8O/c1-4-11(2)26-12(3)22-15-14(13-9-20-17(19)21-10-13)23-18(24-16(15)26)25-5-7-27-8-6-25/h9-11H,4-8H2,1-3H3,(H2,19,20,21). The molecular formula is C18H24N8O. The number of hydrogen-bond acceptors (Lipinski definition) is 8. The second-order valence-electron chi connectivity index (χ2n) is 6.76. The van der Waals surface area contributed by atoms with Gasteiger partial charge in [0.2, 0.25) is 11.9 Å². The van der Waals surface area contributed by atoms with Crippen LogP contribution in [0.2, 0.25) is 0 Å². The van der Waals surface area contributed by atoms with Crippen LogP contribution in [0.15, 0.2) is 12.4 Å². The first-order valence-electron chi connectivity index (χ1n) is 9.25. The van der Waals surface area contributed by atoms with Crippen molar-refractivity contribution >= 4 is 23.1 Å². The SMILES string of the molecule is CCC(C)n1c(C)nc2c(-c3cnc(N)nc3)nc(N3CCOCC3)nc21. The zero-order chi connectivity index (χ0) is 19.0. The van der Waals surface area contributed by atoms with E-state index in [0.717, 1.165) is 47.8 Å². The number of nitrogens with zero attached hydrogens (tertiary/aromatic N) is 7. The van der Waals surface area contributed by atoms with Crippen molar-refractivity contribution in [3.05, 3.63) is 18.2 Å². The van der Waals surface area contributed by atoms with Gasteiger partial charge in [0.05, 0.1) is 13.2 Å². The van der Waals surface area contributed by atoms with Crippen LogP contribution in [-0.4, -0.2) is 55.8 Å². The highest BCUT2D eigenvalue weighted by atomic mass is 16.5. The fourth-order valence-corrected chi connectivity index (χ4v) is 3.35. The van der Waals surface area contributed by atoms with Crippen molar-refractivity contribution in [1.82, 2.24) is 29.5 Å². The number of ether oxygens (including phenoxy) is 1. The number of nitrogens with two attached hydrogens (primary N) is 1. The molecule has 1 atom stereocenters. The zero-order valence-corrected chi connectivity index (χ0v) is 15.9. The molecule has 9 nitrogen and oxygen atoms in total. The Morgan fingerprint density at radius 2 is 1.85 bits per heavy atom. The lowest BCUT2D eigenvalue weighted by molar-refractivity contribution is 0.122. The molecule has 2 N–H and O–H groups in total. The first kappa shape index (κ1) is 17.6. The van der Waals surface area contributed by atoms with Crippen LogP contribution in [-0.2, 0) is 4.74 Å². The summed E-state index contributed by atoms with van der Waals surface area (Å²) in [5.74, 6) is 1.84. The Labute approximate surface area is 157 Å². The topological polar surface area (TPSA) is 108 Å². The quantitative estimate of drug-likeness (QED) is 0.745. The summed E-state index contributed by atoms with van der Waals surface area (Å²) in [6, 6.07) is 0.290. The van der Waals surface area contributed by atoms with Crippen molar-refractivity contribution in [2.24, 2.45) is 0 Å². The van der Waals surface area contributed by atoms with Crippen LogP contribution in [0.5, 0.6) is 0 Å². The van der Waals surface area contributed by atoms with E-state index in [1.54, 1.807) is 12.4 Å². The number of aromatic nitrogens is 6. The van der Waals surface area contributed by atoms with Crippen LogP contribution in [0.25, 0.3) is 22.4 Å². The molecule has 0 aliphatic carbocycles. The lowest BCUT2D eigenvalue weighted by atomic mass is 10.2. The summed E-state index contributed by atoms with van der Waals surface area (Å²) in [6.45, 7) is 9.22. The molecule has 0 bridgehead atoms. The molecule has 0 spiro atoms. The van der Waals surface area contributed by atoms with Gasteiger partial charge in [-0.15, -0.1) is 0 Å². The molecule has 3 aromatic rings. The van der Waals surface area contributed by atoms with Crippen LogP contribution >= 0.6 is 0 Å². The highest BCUT2D eigenvalue weighted by Crippen LogP contribution is 2.30. The molecule has 142 valence electrons. The lowest BCUT2D eigenvalue weighted by Gasteiger charge is -2.27. The second kappa shape index (κ2) is 7.07. The van der Waals surface area contributed by atoms with Crippen molar-refractivity contribution < 1.29 is 4.74 Å². The molecule has 1 aliphatic rings. The molecular weight excluding hydrogens is 344 g/mol. The minimum atomic E-state index is 0.235. The van der Waals surface area contributed by atoms with Gasteiger partial charge in [-0.3, -0.25) is 0 Å². The maximum atomic E-state index is 5.65. The van der Waals surface area contributed by atoms with Gasteiger partial charge in [-0.25, -0.2) is 19.9 Å². The average Bonchev–Trinajstić information content (AvgIpc) is 3.04. The van der Waals surface area contributed by atoms with Gasteiger partial charge in [0.25, 0.3) is 0 Å². The summed E-state index contributed by atoms with van der Waals surface area (Å²) in [7, 11) is 0. The molecule has 0 radical (unpaired) electrons. The monoisotopic (exact) mass is 368 g/mol. The molecule has 4 rings (SSSR count). The number of hydrogen-bond donors (Lipinski definition) is 1. The van der Waals surface area contributed by atoms with Crippen molar-refractivity contribution in [3.63, 3.8) is 0 Å². The normalized spacial score (nSPS) is 16.0. The number of rotatable bonds is 4. The van der Waals surface area contributed by atoms with Gasteiger partial charge >= 0.3 is 0 Å². The Bertz CT molecular complexity index is 946. The third-order valence-electron chi connectivity index (χ3n) is 4.98. The zero-order valence-electron chi connectivity index (χ0n) is 15.9. The van der Waals surface area contributed by atoms with Crippen molar-refractivity contribution in [2.75, 3.05) is 36.9 Å².